The van der Waals surface area contributed by atoms with Gasteiger partial charge in [0.05, 0.1) is 18.1 Å². The van der Waals surface area contributed by atoms with Gasteiger partial charge in [0.25, 0.3) is 5.19 Å². The van der Waals surface area contributed by atoms with Crippen molar-refractivity contribution in [1.29, 1.82) is 0 Å². The van der Waals surface area contributed by atoms with Crippen LogP contribution >= 0.6 is 11.3 Å². The lowest BCUT2D eigenvalue weighted by Crippen LogP contribution is -1.95. The Kier molecular flexibility index (Phi) is 2.47. The Balaban J connectivity index is 2.10. The monoisotopic (exact) mass is 210 g/mol. The molecule has 2 aromatic rings. The van der Waals surface area contributed by atoms with Gasteiger partial charge in [0, 0.05) is 19.0 Å². The summed E-state index contributed by atoms with van der Waals surface area (Å²) in [5.74, 6) is 0.686. The maximum Gasteiger partial charge on any atom is 0.279 e. The third-order valence-corrected chi connectivity index (χ3v) is 2.39. The second kappa shape index (κ2) is 3.77. The van der Waals surface area contributed by atoms with E-state index in [-0.39, 0.29) is 0 Å². The highest BCUT2D eigenvalue weighted by Crippen LogP contribution is 2.24. The highest BCUT2D eigenvalue weighted by Gasteiger charge is 2.04. The third-order valence-electron chi connectivity index (χ3n) is 1.63. The summed E-state index contributed by atoms with van der Waals surface area (Å²) < 4.78 is 7.12. The highest BCUT2D eigenvalue weighted by molar-refractivity contribution is 7.11. The van der Waals surface area contributed by atoms with Crippen molar-refractivity contribution in [2.24, 2.45) is 12.8 Å². The zero-order valence-electron chi connectivity index (χ0n) is 7.67. The van der Waals surface area contributed by atoms with Crippen molar-refractivity contribution in [2.45, 2.75) is 6.54 Å². The first-order valence-electron chi connectivity index (χ1n) is 4.09. The van der Waals surface area contributed by atoms with Gasteiger partial charge in [-0.3, -0.25) is 4.68 Å². The highest BCUT2D eigenvalue weighted by atomic mass is 32.1. The van der Waals surface area contributed by atoms with E-state index in [1.807, 2.05) is 12.4 Å². The molecule has 0 aliphatic heterocycles. The summed E-state index contributed by atoms with van der Waals surface area (Å²) in [7, 11) is 1.83. The Morgan fingerprint density at radius 3 is 3.07 bits per heavy atom. The van der Waals surface area contributed by atoms with Crippen LogP contribution in [-0.2, 0) is 13.6 Å². The molecule has 0 aliphatic carbocycles. The number of nitrogens with two attached hydrogens (primary N) is 1. The van der Waals surface area contributed by atoms with E-state index in [1.54, 1.807) is 17.1 Å². The molecule has 0 aromatic carbocycles. The van der Waals surface area contributed by atoms with Crippen LogP contribution in [0.1, 0.15) is 5.69 Å². The van der Waals surface area contributed by atoms with Crippen molar-refractivity contribution in [3.63, 3.8) is 0 Å². The van der Waals surface area contributed by atoms with E-state index < -0.39 is 0 Å². The molecule has 0 radical (unpaired) electrons. The second-order valence-corrected chi connectivity index (χ2v) is 3.58. The zero-order valence-corrected chi connectivity index (χ0v) is 8.49. The molecule has 2 aromatic heterocycles. The summed E-state index contributed by atoms with van der Waals surface area (Å²) in [6, 6.07) is 0. The summed E-state index contributed by atoms with van der Waals surface area (Å²) >= 11 is 1.43. The van der Waals surface area contributed by atoms with Gasteiger partial charge in [-0.25, -0.2) is 4.98 Å². The lowest BCUT2D eigenvalue weighted by Gasteiger charge is -1.94. The van der Waals surface area contributed by atoms with Gasteiger partial charge in [-0.05, 0) is 0 Å². The van der Waals surface area contributed by atoms with Crippen LogP contribution in [0.15, 0.2) is 17.8 Å². The molecule has 0 amide bonds. The van der Waals surface area contributed by atoms with Crippen molar-refractivity contribution in [1.82, 2.24) is 14.8 Å². The molecule has 0 fully saturated rings. The molecule has 0 unspecified atom stereocenters. The van der Waals surface area contributed by atoms with E-state index in [0.29, 0.717) is 17.5 Å². The first kappa shape index (κ1) is 9.17. The van der Waals surface area contributed by atoms with Gasteiger partial charge in [0.1, 0.15) is 0 Å². The van der Waals surface area contributed by atoms with E-state index in [1.165, 1.54) is 11.3 Å². The molecule has 0 aliphatic rings. The zero-order chi connectivity index (χ0) is 9.97. The molecular formula is C8H10N4OS. The Morgan fingerprint density at radius 2 is 2.50 bits per heavy atom. The molecule has 2 heterocycles. The smallest absolute Gasteiger partial charge is 0.279 e. The lowest BCUT2D eigenvalue weighted by atomic mass is 10.5. The number of aromatic nitrogens is 3. The van der Waals surface area contributed by atoms with Crippen LogP contribution < -0.4 is 10.5 Å². The Morgan fingerprint density at radius 1 is 1.64 bits per heavy atom. The minimum Gasteiger partial charge on any atom is -0.428 e. The molecule has 2 N–H and O–H groups in total. The van der Waals surface area contributed by atoms with Gasteiger partial charge in [0.15, 0.2) is 5.75 Å². The van der Waals surface area contributed by atoms with E-state index in [2.05, 4.69) is 10.1 Å². The molecule has 6 heteroatoms. The van der Waals surface area contributed by atoms with Crippen molar-refractivity contribution in [3.8, 4) is 10.9 Å². The van der Waals surface area contributed by atoms with Crippen LogP contribution in [0.25, 0.3) is 0 Å². The van der Waals surface area contributed by atoms with Crippen LogP contribution in [0.2, 0.25) is 0 Å². The van der Waals surface area contributed by atoms with Crippen LogP contribution in [-0.4, -0.2) is 14.8 Å². The molecule has 0 bridgehead atoms. The Bertz CT molecular complexity index is 422. The first-order chi connectivity index (χ1) is 6.78. The average Bonchev–Trinajstić information content (AvgIpc) is 2.76. The molecule has 0 atom stereocenters. The van der Waals surface area contributed by atoms with Crippen molar-refractivity contribution in [3.05, 3.63) is 23.5 Å². The molecule has 0 saturated carbocycles. The topological polar surface area (TPSA) is 66.0 Å². The predicted molar refractivity (Wildman–Crippen MR) is 53.3 cm³/mol. The van der Waals surface area contributed by atoms with Gasteiger partial charge in [-0.1, -0.05) is 11.3 Å². The molecule has 5 nitrogen and oxygen atoms in total. The number of ether oxygens (including phenoxy) is 1. The van der Waals surface area contributed by atoms with Crippen LogP contribution in [0, 0.1) is 0 Å². The van der Waals surface area contributed by atoms with Gasteiger partial charge in [-0.2, -0.15) is 5.10 Å². The summed E-state index contributed by atoms with van der Waals surface area (Å²) in [5.41, 5.74) is 6.27. The number of aryl methyl sites for hydroxylation is 1. The fourth-order valence-electron chi connectivity index (χ4n) is 0.981. The number of nitrogens with zero attached hydrogens (tertiary/aromatic N) is 3. The van der Waals surface area contributed by atoms with E-state index >= 15 is 0 Å². The van der Waals surface area contributed by atoms with Crippen LogP contribution in [0.5, 0.6) is 10.9 Å². The Hall–Kier alpha value is -1.40. The van der Waals surface area contributed by atoms with E-state index in [4.69, 9.17) is 10.5 Å². The van der Waals surface area contributed by atoms with Crippen molar-refractivity contribution in [2.75, 3.05) is 0 Å². The largest absolute Gasteiger partial charge is 0.428 e. The first-order valence-corrected chi connectivity index (χ1v) is 4.97. The fourth-order valence-corrected chi connectivity index (χ4v) is 1.68. The van der Waals surface area contributed by atoms with Gasteiger partial charge in [-0.15, -0.1) is 0 Å². The molecular weight excluding hydrogens is 200 g/mol. The number of hydrogen-bond donors (Lipinski definition) is 1. The number of thiazole rings is 1. The van der Waals surface area contributed by atoms with Gasteiger partial charge < -0.3 is 10.5 Å². The molecule has 2 rings (SSSR count). The van der Waals surface area contributed by atoms with Gasteiger partial charge >= 0.3 is 0 Å². The molecule has 0 saturated heterocycles. The normalized spacial score (nSPS) is 10.4. The molecule has 74 valence electrons. The number of rotatable bonds is 3. The Labute approximate surface area is 85.1 Å². The van der Waals surface area contributed by atoms with Crippen molar-refractivity contribution < 1.29 is 4.74 Å². The maximum absolute atomic E-state index is 5.45. The summed E-state index contributed by atoms with van der Waals surface area (Å²) in [5, 5.41) is 6.46. The summed E-state index contributed by atoms with van der Waals surface area (Å²) in [6.07, 6.45) is 3.42. The average molecular weight is 210 g/mol. The summed E-state index contributed by atoms with van der Waals surface area (Å²) in [4.78, 5) is 4.17. The molecule has 14 heavy (non-hydrogen) atoms. The van der Waals surface area contributed by atoms with E-state index in [9.17, 15) is 0 Å². The third kappa shape index (κ3) is 1.91. The maximum atomic E-state index is 5.45. The van der Waals surface area contributed by atoms with Crippen molar-refractivity contribution >= 4 is 11.3 Å². The molecule has 0 spiro atoms. The minimum absolute atomic E-state index is 0.437. The predicted octanol–water partition coefficient (Wildman–Crippen LogP) is 1.13. The van der Waals surface area contributed by atoms with E-state index in [0.717, 1.165) is 5.69 Å². The SMILES string of the molecule is Cn1cc(Oc2nc(CN)cs2)cn1. The van der Waals surface area contributed by atoms with Crippen LogP contribution in [0.4, 0.5) is 0 Å². The lowest BCUT2D eigenvalue weighted by molar-refractivity contribution is 0.476. The second-order valence-electron chi connectivity index (χ2n) is 2.76. The van der Waals surface area contributed by atoms with Gasteiger partial charge in [0.2, 0.25) is 0 Å². The minimum atomic E-state index is 0.437. The number of hydrogen-bond acceptors (Lipinski definition) is 5. The standard InChI is InChI=1S/C8H10N4OS/c1-12-4-7(3-10-12)13-8-11-6(2-9)5-14-8/h3-5H,2,9H2,1H3. The quantitative estimate of drug-likeness (QED) is 0.824. The summed E-state index contributed by atoms with van der Waals surface area (Å²) in [6.45, 7) is 0.437. The van der Waals surface area contributed by atoms with Crippen LogP contribution in [0.3, 0.4) is 0 Å². The fraction of sp³-hybridized carbons (Fsp3) is 0.250.